The monoisotopic (exact) mass is 335 g/mol. The lowest BCUT2D eigenvalue weighted by Gasteiger charge is -2.16. The Morgan fingerprint density at radius 1 is 1.20 bits per heavy atom. The average molecular weight is 336 g/mol. The summed E-state index contributed by atoms with van der Waals surface area (Å²) >= 11 is 3.46. The lowest BCUT2D eigenvalue weighted by Crippen LogP contribution is -2.28. The highest BCUT2D eigenvalue weighted by Crippen LogP contribution is 2.12. The van der Waals surface area contributed by atoms with Gasteiger partial charge in [-0.3, -0.25) is 0 Å². The molecule has 0 aliphatic rings. The zero-order valence-electron chi connectivity index (χ0n) is 12.3. The zero-order chi connectivity index (χ0) is 14.5. The number of nitrogens with zero attached hydrogens (tertiary/aromatic N) is 2. The van der Waals surface area contributed by atoms with Crippen molar-refractivity contribution in [1.82, 2.24) is 14.9 Å². The highest BCUT2D eigenvalue weighted by molar-refractivity contribution is 9.10. The Balaban J connectivity index is 1.87. The van der Waals surface area contributed by atoms with E-state index >= 15 is 0 Å². The van der Waals surface area contributed by atoms with Gasteiger partial charge in [-0.25, -0.2) is 4.98 Å². The molecule has 1 aromatic carbocycles. The number of aromatic nitrogens is 2. The van der Waals surface area contributed by atoms with E-state index in [-0.39, 0.29) is 0 Å². The summed E-state index contributed by atoms with van der Waals surface area (Å²) in [7, 11) is 0. The van der Waals surface area contributed by atoms with Crippen LogP contribution < -0.4 is 5.32 Å². The highest BCUT2D eigenvalue weighted by atomic mass is 79.9. The van der Waals surface area contributed by atoms with Crippen molar-refractivity contribution in [2.45, 2.75) is 45.8 Å². The summed E-state index contributed by atoms with van der Waals surface area (Å²) in [5.74, 6) is 0. The molecule has 20 heavy (non-hydrogen) atoms. The Labute approximate surface area is 129 Å². The Bertz CT molecular complexity index is 531. The van der Waals surface area contributed by atoms with E-state index in [9.17, 15) is 0 Å². The van der Waals surface area contributed by atoms with Crippen molar-refractivity contribution in [3.63, 3.8) is 0 Å². The largest absolute Gasteiger partial charge is 0.331 e. The van der Waals surface area contributed by atoms with Crippen molar-refractivity contribution >= 4 is 15.9 Å². The molecule has 2 aromatic rings. The first-order valence-corrected chi connectivity index (χ1v) is 7.84. The molecule has 4 heteroatoms. The van der Waals surface area contributed by atoms with Crippen molar-refractivity contribution in [2.75, 3.05) is 0 Å². The van der Waals surface area contributed by atoms with Crippen LogP contribution in [-0.4, -0.2) is 15.6 Å². The molecule has 1 heterocycles. The van der Waals surface area contributed by atoms with Crippen LogP contribution in [0, 0.1) is 0 Å². The Kier molecular flexibility index (Phi) is 5.38. The summed E-state index contributed by atoms with van der Waals surface area (Å²) in [6, 6.07) is 9.41. The topological polar surface area (TPSA) is 29.9 Å². The maximum atomic E-state index is 4.23. The van der Waals surface area contributed by atoms with Crippen molar-refractivity contribution in [2.24, 2.45) is 0 Å². The van der Waals surface area contributed by atoms with Gasteiger partial charge in [0.15, 0.2) is 0 Å². The van der Waals surface area contributed by atoms with Crippen LogP contribution in [0.2, 0.25) is 0 Å². The molecular weight excluding hydrogens is 314 g/mol. The number of rotatable bonds is 6. The molecular formula is C16H22BrN3. The summed E-state index contributed by atoms with van der Waals surface area (Å²) in [4.78, 5) is 4.23. The number of imidazole rings is 1. The van der Waals surface area contributed by atoms with E-state index in [1.54, 1.807) is 0 Å². The molecule has 108 valence electrons. The van der Waals surface area contributed by atoms with Crippen LogP contribution in [0.5, 0.6) is 0 Å². The second kappa shape index (κ2) is 7.04. The summed E-state index contributed by atoms with van der Waals surface area (Å²) in [5, 5.41) is 3.57. The summed E-state index contributed by atoms with van der Waals surface area (Å²) < 4.78 is 3.34. The molecule has 3 nitrogen and oxygen atoms in total. The molecule has 0 aliphatic carbocycles. The summed E-state index contributed by atoms with van der Waals surface area (Å²) in [6.07, 6.45) is 4.88. The number of nitrogens with one attached hydrogen (secondary N) is 1. The number of hydrogen-bond acceptors (Lipinski definition) is 2. The quantitative estimate of drug-likeness (QED) is 0.866. The molecule has 0 saturated heterocycles. The van der Waals surface area contributed by atoms with E-state index < -0.39 is 0 Å². The van der Waals surface area contributed by atoms with Gasteiger partial charge in [0.1, 0.15) is 0 Å². The number of benzene rings is 1. The fraction of sp³-hybridized carbons (Fsp3) is 0.438. The van der Waals surface area contributed by atoms with Crippen LogP contribution in [0.25, 0.3) is 0 Å². The Morgan fingerprint density at radius 3 is 2.55 bits per heavy atom. The fourth-order valence-electron chi connectivity index (χ4n) is 2.26. The van der Waals surface area contributed by atoms with Gasteiger partial charge in [-0.1, -0.05) is 28.1 Å². The van der Waals surface area contributed by atoms with Crippen molar-refractivity contribution < 1.29 is 0 Å². The molecule has 0 spiro atoms. The minimum Gasteiger partial charge on any atom is -0.331 e. The van der Waals surface area contributed by atoms with Crippen molar-refractivity contribution in [3.8, 4) is 0 Å². The van der Waals surface area contributed by atoms with Crippen LogP contribution in [-0.2, 0) is 13.0 Å². The van der Waals surface area contributed by atoms with E-state index in [0.717, 1.165) is 17.4 Å². The maximum Gasteiger partial charge on any atom is 0.0951 e. The molecule has 2 rings (SSSR count). The van der Waals surface area contributed by atoms with E-state index in [1.165, 1.54) is 11.3 Å². The third kappa shape index (κ3) is 4.18. The van der Waals surface area contributed by atoms with Gasteiger partial charge in [0.25, 0.3) is 0 Å². The zero-order valence-corrected chi connectivity index (χ0v) is 13.9. The van der Waals surface area contributed by atoms with Crippen molar-refractivity contribution in [1.29, 1.82) is 0 Å². The van der Waals surface area contributed by atoms with E-state index in [1.807, 2.05) is 12.5 Å². The number of halogens is 1. The third-order valence-electron chi connectivity index (χ3n) is 3.39. The van der Waals surface area contributed by atoms with Crippen LogP contribution in [0.4, 0.5) is 0 Å². The summed E-state index contributed by atoms with van der Waals surface area (Å²) in [6.45, 7) is 7.43. The lowest BCUT2D eigenvalue weighted by molar-refractivity contribution is 0.505. The molecule has 1 aromatic heterocycles. The lowest BCUT2D eigenvalue weighted by atomic mass is 10.1. The van der Waals surface area contributed by atoms with Gasteiger partial charge >= 0.3 is 0 Å². The van der Waals surface area contributed by atoms with Crippen LogP contribution >= 0.6 is 15.9 Å². The van der Waals surface area contributed by atoms with E-state index in [4.69, 9.17) is 0 Å². The molecule has 0 amide bonds. The smallest absolute Gasteiger partial charge is 0.0951 e. The third-order valence-corrected chi connectivity index (χ3v) is 3.92. The van der Waals surface area contributed by atoms with Gasteiger partial charge in [-0.05, 0) is 44.9 Å². The second-order valence-electron chi connectivity index (χ2n) is 5.50. The molecule has 0 fully saturated rings. The van der Waals surface area contributed by atoms with Gasteiger partial charge in [-0.2, -0.15) is 0 Å². The number of hydrogen-bond donors (Lipinski definition) is 1. The molecule has 1 atom stereocenters. The Morgan fingerprint density at radius 2 is 1.90 bits per heavy atom. The van der Waals surface area contributed by atoms with E-state index in [2.05, 4.69) is 75.8 Å². The van der Waals surface area contributed by atoms with E-state index in [0.29, 0.717) is 12.1 Å². The molecule has 0 radical (unpaired) electrons. The minimum atomic E-state index is 0.437. The first kappa shape index (κ1) is 15.3. The van der Waals surface area contributed by atoms with Gasteiger partial charge in [0, 0.05) is 29.3 Å². The van der Waals surface area contributed by atoms with Gasteiger partial charge in [-0.15, -0.1) is 0 Å². The summed E-state index contributed by atoms with van der Waals surface area (Å²) in [5.41, 5.74) is 2.59. The predicted octanol–water partition coefficient (Wildman–Crippen LogP) is 3.95. The first-order chi connectivity index (χ1) is 9.56. The Hall–Kier alpha value is -1.13. The normalized spacial score (nSPS) is 12.8. The SMILES string of the molecule is CC(Cc1ccc(Br)cc1)NCc1cncn1C(C)C. The predicted molar refractivity (Wildman–Crippen MR) is 86.8 cm³/mol. The fourth-order valence-corrected chi connectivity index (χ4v) is 2.52. The second-order valence-corrected chi connectivity index (χ2v) is 6.41. The first-order valence-electron chi connectivity index (χ1n) is 7.05. The molecule has 0 saturated carbocycles. The van der Waals surface area contributed by atoms with Gasteiger partial charge in [0.05, 0.1) is 12.0 Å². The average Bonchev–Trinajstić information content (AvgIpc) is 2.88. The highest BCUT2D eigenvalue weighted by Gasteiger charge is 2.08. The van der Waals surface area contributed by atoms with Crippen molar-refractivity contribution in [3.05, 3.63) is 52.5 Å². The maximum absolute atomic E-state index is 4.23. The van der Waals surface area contributed by atoms with Crippen LogP contribution in [0.3, 0.4) is 0 Å². The molecule has 1 unspecified atom stereocenters. The van der Waals surface area contributed by atoms with Gasteiger partial charge in [0.2, 0.25) is 0 Å². The molecule has 0 bridgehead atoms. The standard InChI is InChI=1S/C16H22BrN3/c1-12(2)20-11-18-9-16(20)10-19-13(3)8-14-4-6-15(17)7-5-14/h4-7,9,11-13,19H,8,10H2,1-3H3. The van der Waals surface area contributed by atoms with Gasteiger partial charge < -0.3 is 9.88 Å². The van der Waals surface area contributed by atoms with Crippen LogP contribution in [0.15, 0.2) is 41.3 Å². The van der Waals surface area contributed by atoms with Crippen LogP contribution in [0.1, 0.15) is 38.1 Å². The minimum absolute atomic E-state index is 0.437. The molecule has 0 aliphatic heterocycles. The molecule has 1 N–H and O–H groups in total.